The highest BCUT2D eigenvalue weighted by molar-refractivity contribution is 8.00. The van der Waals surface area contributed by atoms with E-state index < -0.39 is 0 Å². The van der Waals surface area contributed by atoms with Crippen molar-refractivity contribution in [1.82, 2.24) is 4.98 Å². The maximum absolute atomic E-state index is 11.5. The Morgan fingerprint density at radius 1 is 1.38 bits per heavy atom. The maximum Gasteiger partial charge on any atom is 0.198 e. The predicted molar refractivity (Wildman–Crippen MR) is 57.7 cm³/mol. The van der Waals surface area contributed by atoms with Gasteiger partial charge in [-0.3, -0.25) is 4.79 Å². The Balaban J connectivity index is 2.87. The summed E-state index contributed by atoms with van der Waals surface area (Å²) >= 11 is 3.02. The highest BCUT2D eigenvalue weighted by Crippen LogP contribution is 2.24. The van der Waals surface area contributed by atoms with Crippen LogP contribution in [0.15, 0.2) is 33.4 Å². The Hall–Kier alpha value is -0.870. The van der Waals surface area contributed by atoms with Gasteiger partial charge in [0.25, 0.3) is 0 Å². The molecule has 0 unspecified atom stereocenters. The first-order valence-corrected chi connectivity index (χ1v) is 5.79. The number of fused-ring (bicyclic) bond motifs is 1. The lowest BCUT2D eigenvalue weighted by atomic mass is 10.5. The molecule has 0 fully saturated rings. The monoisotopic (exact) mass is 209 g/mol. The van der Waals surface area contributed by atoms with Gasteiger partial charge >= 0.3 is 0 Å². The molecule has 2 nitrogen and oxygen atoms in total. The molecule has 13 heavy (non-hydrogen) atoms. The second kappa shape index (κ2) is 3.47. The summed E-state index contributed by atoms with van der Waals surface area (Å²) < 4.78 is 1.69. The van der Waals surface area contributed by atoms with Crippen molar-refractivity contribution >= 4 is 33.3 Å². The van der Waals surface area contributed by atoms with E-state index in [-0.39, 0.29) is 5.43 Å². The molecule has 0 aliphatic heterocycles. The normalized spacial score (nSPS) is 10.5. The van der Waals surface area contributed by atoms with E-state index in [1.54, 1.807) is 23.9 Å². The van der Waals surface area contributed by atoms with Crippen molar-refractivity contribution in [3.8, 4) is 0 Å². The molecule has 1 aromatic heterocycles. The van der Waals surface area contributed by atoms with Gasteiger partial charge < -0.3 is 0 Å². The minimum atomic E-state index is 0.0535. The van der Waals surface area contributed by atoms with Gasteiger partial charge in [-0.2, -0.15) is 0 Å². The van der Waals surface area contributed by atoms with Gasteiger partial charge in [-0.25, -0.2) is 4.98 Å². The van der Waals surface area contributed by atoms with Crippen LogP contribution in [-0.4, -0.2) is 11.2 Å². The lowest BCUT2D eigenvalue weighted by Crippen LogP contribution is -1.90. The molecule has 0 saturated carbocycles. The molecule has 0 atom stereocenters. The van der Waals surface area contributed by atoms with Crippen LogP contribution in [0.4, 0.5) is 0 Å². The third kappa shape index (κ3) is 1.59. The molecule has 0 N–H and O–H groups in total. The second-order valence-electron chi connectivity index (χ2n) is 2.48. The largest absolute Gasteiger partial charge is 0.288 e. The minimum Gasteiger partial charge on any atom is -0.288 e. The Labute approximate surface area is 83.6 Å². The van der Waals surface area contributed by atoms with Gasteiger partial charge in [0, 0.05) is 0 Å². The molecule has 1 aromatic carbocycles. The van der Waals surface area contributed by atoms with Crippen LogP contribution in [0.2, 0.25) is 0 Å². The third-order valence-electron chi connectivity index (χ3n) is 1.64. The molecule has 4 heteroatoms. The Morgan fingerprint density at radius 2 is 2.15 bits per heavy atom. The van der Waals surface area contributed by atoms with Crippen molar-refractivity contribution in [3.05, 3.63) is 34.5 Å². The molecular weight excluding hydrogens is 202 g/mol. The zero-order valence-electron chi connectivity index (χ0n) is 6.98. The fourth-order valence-electron chi connectivity index (χ4n) is 1.05. The van der Waals surface area contributed by atoms with Crippen molar-refractivity contribution in [2.45, 2.75) is 4.34 Å². The van der Waals surface area contributed by atoms with Crippen molar-refractivity contribution in [2.75, 3.05) is 6.26 Å². The van der Waals surface area contributed by atoms with Gasteiger partial charge in [-0.15, -0.1) is 11.3 Å². The van der Waals surface area contributed by atoms with Crippen molar-refractivity contribution in [1.29, 1.82) is 0 Å². The van der Waals surface area contributed by atoms with Gasteiger partial charge in [0.05, 0.1) is 5.52 Å². The van der Waals surface area contributed by atoms with Gasteiger partial charge in [-0.05, 0) is 18.4 Å². The molecule has 0 amide bonds. The summed E-state index contributed by atoms with van der Waals surface area (Å²) in [5, 5.41) is 0. The molecular formula is C9H7NOS2. The summed E-state index contributed by atoms with van der Waals surface area (Å²) in [5.74, 6) is 0. The Bertz CT molecular complexity index is 492. The molecule has 2 rings (SSSR count). The van der Waals surface area contributed by atoms with Gasteiger partial charge in [0.15, 0.2) is 9.77 Å². The summed E-state index contributed by atoms with van der Waals surface area (Å²) in [6.07, 6.45) is 1.96. The molecule has 1 heterocycles. The van der Waals surface area contributed by atoms with Crippen LogP contribution in [0.5, 0.6) is 0 Å². The quantitative estimate of drug-likeness (QED) is 0.675. The lowest BCUT2D eigenvalue weighted by Gasteiger charge is -1.78. The molecule has 0 aliphatic carbocycles. The van der Waals surface area contributed by atoms with Crippen molar-refractivity contribution in [3.63, 3.8) is 0 Å². The lowest BCUT2D eigenvalue weighted by molar-refractivity contribution is 1.31. The molecule has 2 aromatic rings. The standard InChI is InChI=1S/C9H7NOS2/c1-12-9-10-6-4-2-3-5-7(11)8(6)13-9/h2-5H,1H3. The van der Waals surface area contributed by atoms with Crippen LogP contribution in [0.1, 0.15) is 0 Å². The Kier molecular flexibility index (Phi) is 2.33. The molecule has 0 bridgehead atoms. The number of thioether (sulfide) groups is 1. The van der Waals surface area contributed by atoms with Crippen LogP contribution in [0.3, 0.4) is 0 Å². The number of hydrogen-bond acceptors (Lipinski definition) is 4. The van der Waals surface area contributed by atoms with Crippen LogP contribution in [0.25, 0.3) is 10.2 Å². The Morgan fingerprint density at radius 3 is 2.92 bits per heavy atom. The number of hydrogen-bond donors (Lipinski definition) is 0. The van der Waals surface area contributed by atoms with E-state index in [4.69, 9.17) is 0 Å². The summed E-state index contributed by atoms with van der Waals surface area (Å²) in [5.41, 5.74) is 0.849. The average Bonchev–Trinajstić information content (AvgIpc) is 2.48. The van der Waals surface area contributed by atoms with Crippen LogP contribution in [-0.2, 0) is 0 Å². The van der Waals surface area contributed by atoms with Crippen molar-refractivity contribution in [2.24, 2.45) is 0 Å². The number of thiazole rings is 1. The fourth-order valence-corrected chi connectivity index (χ4v) is 2.53. The van der Waals surface area contributed by atoms with E-state index in [0.717, 1.165) is 14.6 Å². The summed E-state index contributed by atoms with van der Waals surface area (Å²) in [4.78, 5) is 15.8. The van der Waals surface area contributed by atoms with E-state index in [0.29, 0.717) is 0 Å². The summed E-state index contributed by atoms with van der Waals surface area (Å²) in [7, 11) is 0. The molecule has 0 radical (unpaired) electrons. The third-order valence-corrected chi connectivity index (χ3v) is 3.72. The topological polar surface area (TPSA) is 30.0 Å². The SMILES string of the molecule is CSc1nc2ccccc(=O)c2s1. The van der Waals surface area contributed by atoms with Gasteiger partial charge in [0.1, 0.15) is 4.70 Å². The van der Waals surface area contributed by atoms with Crippen LogP contribution >= 0.6 is 23.1 Å². The molecule has 0 spiro atoms. The first-order valence-electron chi connectivity index (χ1n) is 3.75. The first kappa shape index (κ1) is 8.72. The predicted octanol–water partition coefficient (Wildman–Crippen LogP) is 2.38. The number of aromatic nitrogens is 1. The number of nitrogens with zero attached hydrogens (tertiary/aromatic N) is 1. The first-order chi connectivity index (χ1) is 6.31. The zero-order valence-corrected chi connectivity index (χ0v) is 8.61. The van der Waals surface area contributed by atoms with Crippen molar-refractivity contribution < 1.29 is 0 Å². The molecule has 66 valence electrons. The van der Waals surface area contributed by atoms with Gasteiger partial charge in [0.2, 0.25) is 0 Å². The second-order valence-corrected chi connectivity index (χ2v) is 4.53. The summed E-state index contributed by atoms with van der Waals surface area (Å²) in [6, 6.07) is 7.03. The molecule has 0 saturated heterocycles. The van der Waals surface area contributed by atoms with E-state index >= 15 is 0 Å². The molecule has 0 aliphatic rings. The average molecular weight is 209 g/mol. The zero-order chi connectivity index (χ0) is 9.26. The highest BCUT2D eigenvalue weighted by atomic mass is 32.2. The summed E-state index contributed by atoms with van der Waals surface area (Å²) in [6.45, 7) is 0. The van der Waals surface area contributed by atoms with E-state index in [2.05, 4.69) is 4.98 Å². The van der Waals surface area contributed by atoms with E-state index in [1.165, 1.54) is 11.3 Å². The van der Waals surface area contributed by atoms with Crippen LogP contribution in [0, 0.1) is 0 Å². The highest BCUT2D eigenvalue weighted by Gasteiger charge is 2.03. The maximum atomic E-state index is 11.5. The minimum absolute atomic E-state index is 0.0535. The van der Waals surface area contributed by atoms with Gasteiger partial charge in [-0.1, -0.05) is 23.9 Å². The number of rotatable bonds is 1. The smallest absolute Gasteiger partial charge is 0.198 e. The fraction of sp³-hybridized carbons (Fsp3) is 0.111. The van der Waals surface area contributed by atoms with E-state index in [9.17, 15) is 4.79 Å². The van der Waals surface area contributed by atoms with Crippen LogP contribution < -0.4 is 5.43 Å². The van der Waals surface area contributed by atoms with E-state index in [1.807, 2.05) is 18.4 Å².